The van der Waals surface area contributed by atoms with Crippen LogP contribution in [0.15, 0.2) is 58.0 Å². The standard InChI is InChI=1S/C24H20F2N4O4S/c25-17-10-8-15(9-11-17)22-28-21(34-29-22)7-3-6-20(31)27-12-13-30-23(32)19(35-24(30)33)14-16-4-1-2-5-18(16)26/h1-2,4-5,8-11,14H,3,6-7,12-13H2,(H,27,31)/b19-14-. The summed E-state index contributed by atoms with van der Waals surface area (Å²) < 4.78 is 32.0. The zero-order valence-electron chi connectivity index (χ0n) is 18.4. The Morgan fingerprint density at radius 1 is 1.11 bits per heavy atom. The summed E-state index contributed by atoms with van der Waals surface area (Å²) in [5, 5.41) is 6.05. The van der Waals surface area contributed by atoms with Crippen LogP contribution in [0.3, 0.4) is 0 Å². The summed E-state index contributed by atoms with van der Waals surface area (Å²) in [6, 6.07) is 11.7. The van der Waals surface area contributed by atoms with Gasteiger partial charge in [0.1, 0.15) is 11.6 Å². The molecule has 0 atom stereocenters. The van der Waals surface area contributed by atoms with E-state index in [1.165, 1.54) is 36.4 Å². The highest BCUT2D eigenvalue weighted by Crippen LogP contribution is 2.32. The minimum absolute atomic E-state index is 0.00963. The molecule has 1 N–H and O–H groups in total. The molecular formula is C24H20F2N4O4S. The van der Waals surface area contributed by atoms with Gasteiger partial charge in [0.25, 0.3) is 11.1 Å². The number of hydrogen-bond donors (Lipinski definition) is 1. The maximum absolute atomic E-state index is 13.8. The number of nitrogens with zero attached hydrogens (tertiary/aromatic N) is 3. The van der Waals surface area contributed by atoms with Gasteiger partial charge in [-0.25, -0.2) is 8.78 Å². The quantitative estimate of drug-likeness (QED) is 0.441. The number of benzene rings is 2. The molecule has 1 aromatic heterocycles. The zero-order valence-corrected chi connectivity index (χ0v) is 19.2. The molecule has 0 bridgehead atoms. The van der Waals surface area contributed by atoms with Crippen LogP contribution >= 0.6 is 11.8 Å². The summed E-state index contributed by atoms with van der Waals surface area (Å²) in [6.45, 7) is 0.106. The van der Waals surface area contributed by atoms with Gasteiger partial charge >= 0.3 is 0 Å². The van der Waals surface area contributed by atoms with Crippen molar-refractivity contribution in [1.82, 2.24) is 20.4 Å². The van der Waals surface area contributed by atoms with Crippen molar-refractivity contribution in [3.63, 3.8) is 0 Å². The third-order valence-corrected chi connectivity index (χ3v) is 6.00. The molecule has 1 aliphatic heterocycles. The monoisotopic (exact) mass is 498 g/mol. The number of hydrogen-bond acceptors (Lipinski definition) is 7. The predicted molar refractivity (Wildman–Crippen MR) is 125 cm³/mol. The van der Waals surface area contributed by atoms with Gasteiger partial charge in [0.2, 0.25) is 17.6 Å². The van der Waals surface area contributed by atoms with Gasteiger partial charge in [-0.05, 0) is 54.6 Å². The number of carbonyl (C=O) groups is 3. The summed E-state index contributed by atoms with van der Waals surface area (Å²) in [7, 11) is 0. The summed E-state index contributed by atoms with van der Waals surface area (Å²) in [5.74, 6) is -0.927. The van der Waals surface area contributed by atoms with E-state index in [9.17, 15) is 23.2 Å². The number of imide groups is 1. The molecule has 11 heteroatoms. The lowest BCUT2D eigenvalue weighted by Crippen LogP contribution is -2.37. The Kier molecular flexibility index (Phi) is 7.66. The predicted octanol–water partition coefficient (Wildman–Crippen LogP) is 4.19. The lowest BCUT2D eigenvalue weighted by atomic mass is 10.2. The van der Waals surface area contributed by atoms with Crippen LogP contribution in [0.5, 0.6) is 0 Å². The van der Waals surface area contributed by atoms with Gasteiger partial charge in [-0.15, -0.1) is 0 Å². The second-order valence-corrected chi connectivity index (χ2v) is 8.57. The number of thioether (sulfide) groups is 1. The Labute approximate surface area is 203 Å². The molecular weight excluding hydrogens is 478 g/mol. The fraction of sp³-hybridized carbons (Fsp3) is 0.208. The van der Waals surface area contributed by atoms with Gasteiger partial charge < -0.3 is 9.84 Å². The van der Waals surface area contributed by atoms with Crippen molar-refractivity contribution in [2.24, 2.45) is 0 Å². The Bertz CT molecular complexity index is 1280. The van der Waals surface area contributed by atoms with Crippen molar-refractivity contribution in [2.45, 2.75) is 19.3 Å². The first kappa shape index (κ1) is 24.3. The smallest absolute Gasteiger partial charge is 0.293 e. The normalized spacial score (nSPS) is 14.7. The highest BCUT2D eigenvalue weighted by molar-refractivity contribution is 8.18. The SMILES string of the molecule is O=C(CCCc1nc(-c2ccc(F)cc2)no1)NCCN1C(=O)S/C(=C\c2ccccc2F)C1=O. The highest BCUT2D eigenvalue weighted by atomic mass is 32.2. The molecule has 8 nitrogen and oxygen atoms in total. The average molecular weight is 499 g/mol. The van der Waals surface area contributed by atoms with Crippen molar-refractivity contribution in [3.05, 3.63) is 76.5 Å². The van der Waals surface area contributed by atoms with Crippen LogP contribution in [0, 0.1) is 11.6 Å². The number of amides is 3. The summed E-state index contributed by atoms with van der Waals surface area (Å²) in [4.78, 5) is 42.2. The molecule has 0 radical (unpaired) electrons. The van der Waals surface area contributed by atoms with Gasteiger partial charge in [-0.1, -0.05) is 23.4 Å². The Morgan fingerprint density at radius 2 is 1.89 bits per heavy atom. The third kappa shape index (κ3) is 6.18. The molecule has 2 aromatic carbocycles. The van der Waals surface area contributed by atoms with Crippen LogP contribution in [-0.2, 0) is 16.0 Å². The van der Waals surface area contributed by atoms with Crippen molar-refractivity contribution >= 4 is 34.9 Å². The van der Waals surface area contributed by atoms with Crippen LogP contribution in [0.1, 0.15) is 24.3 Å². The van der Waals surface area contributed by atoms with Crippen LogP contribution in [0.2, 0.25) is 0 Å². The van der Waals surface area contributed by atoms with E-state index >= 15 is 0 Å². The summed E-state index contributed by atoms with van der Waals surface area (Å²) in [6.07, 6.45) is 2.36. The Morgan fingerprint density at radius 3 is 2.66 bits per heavy atom. The number of aryl methyl sites for hydroxylation is 1. The van der Waals surface area contributed by atoms with E-state index in [0.29, 0.717) is 30.1 Å². The molecule has 3 aromatic rings. The number of nitrogens with one attached hydrogen (secondary N) is 1. The van der Waals surface area contributed by atoms with Crippen molar-refractivity contribution in [2.75, 3.05) is 13.1 Å². The molecule has 35 heavy (non-hydrogen) atoms. The molecule has 0 aliphatic carbocycles. The first-order valence-corrected chi connectivity index (χ1v) is 11.6. The average Bonchev–Trinajstić information content (AvgIpc) is 3.41. The van der Waals surface area contributed by atoms with E-state index < -0.39 is 17.0 Å². The third-order valence-electron chi connectivity index (χ3n) is 5.09. The van der Waals surface area contributed by atoms with E-state index in [1.807, 2.05) is 0 Å². The van der Waals surface area contributed by atoms with Crippen LogP contribution < -0.4 is 5.32 Å². The molecule has 4 rings (SSSR count). The molecule has 2 heterocycles. The first-order chi connectivity index (χ1) is 16.9. The number of carbonyl (C=O) groups excluding carboxylic acids is 3. The van der Waals surface area contributed by atoms with Gasteiger partial charge in [0.05, 0.1) is 4.91 Å². The molecule has 0 saturated carbocycles. The number of aromatic nitrogens is 2. The molecule has 0 unspecified atom stereocenters. The number of halogens is 2. The van der Waals surface area contributed by atoms with Crippen molar-refractivity contribution in [3.8, 4) is 11.4 Å². The van der Waals surface area contributed by atoms with Gasteiger partial charge in [-0.2, -0.15) is 4.98 Å². The van der Waals surface area contributed by atoms with Crippen molar-refractivity contribution < 1.29 is 27.7 Å². The molecule has 0 spiro atoms. The summed E-state index contributed by atoms with van der Waals surface area (Å²) >= 11 is 0.734. The van der Waals surface area contributed by atoms with Crippen LogP contribution in [0.25, 0.3) is 17.5 Å². The fourth-order valence-corrected chi connectivity index (χ4v) is 4.15. The van der Waals surface area contributed by atoms with E-state index in [4.69, 9.17) is 4.52 Å². The van der Waals surface area contributed by atoms with Gasteiger partial charge in [0, 0.05) is 37.1 Å². The molecule has 180 valence electrons. The van der Waals surface area contributed by atoms with Crippen molar-refractivity contribution in [1.29, 1.82) is 0 Å². The summed E-state index contributed by atoms with van der Waals surface area (Å²) in [5.41, 5.74) is 0.840. The minimum atomic E-state index is -0.522. The van der Waals surface area contributed by atoms with E-state index in [0.717, 1.165) is 16.7 Å². The van der Waals surface area contributed by atoms with E-state index in [1.54, 1.807) is 18.2 Å². The first-order valence-electron chi connectivity index (χ1n) is 10.8. The van der Waals surface area contributed by atoms with Crippen LogP contribution in [-0.4, -0.2) is 45.2 Å². The molecule has 3 amide bonds. The number of rotatable bonds is 9. The molecule has 1 saturated heterocycles. The maximum Gasteiger partial charge on any atom is 0.293 e. The Balaban J connectivity index is 1.20. The fourth-order valence-electron chi connectivity index (χ4n) is 3.29. The molecule has 1 fully saturated rings. The maximum atomic E-state index is 13.8. The lowest BCUT2D eigenvalue weighted by Gasteiger charge is -2.12. The van der Waals surface area contributed by atoms with Crippen LogP contribution in [0.4, 0.5) is 13.6 Å². The molecule has 1 aliphatic rings. The second-order valence-electron chi connectivity index (χ2n) is 7.58. The second kappa shape index (κ2) is 11.0. The lowest BCUT2D eigenvalue weighted by molar-refractivity contribution is -0.124. The topological polar surface area (TPSA) is 105 Å². The largest absolute Gasteiger partial charge is 0.354 e. The van der Waals surface area contributed by atoms with Gasteiger partial charge in [0.15, 0.2) is 0 Å². The zero-order chi connectivity index (χ0) is 24.8. The van der Waals surface area contributed by atoms with E-state index in [2.05, 4.69) is 15.5 Å². The Hall–Kier alpha value is -3.86. The highest BCUT2D eigenvalue weighted by Gasteiger charge is 2.34. The van der Waals surface area contributed by atoms with E-state index in [-0.39, 0.29) is 41.7 Å². The van der Waals surface area contributed by atoms with Gasteiger partial charge in [-0.3, -0.25) is 19.3 Å². The minimum Gasteiger partial charge on any atom is -0.354 e.